The van der Waals surface area contributed by atoms with Gasteiger partial charge in [-0.05, 0) is 42.8 Å². The van der Waals surface area contributed by atoms with Gasteiger partial charge >= 0.3 is 6.03 Å². The maximum Gasteiger partial charge on any atom is 0.323 e. The molecule has 3 N–H and O–H groups in total. The van der Waals surface area contributed by atoms with Crippen LogP contribution >= 0.6 is 0 Å². The van der Waals surface area contributed by atoms with E-state index < -0.39 is 0 Å². The number of aryl methyl sites for hydroxylation is 1. The first kappa shape index (κ1) is 17.6. The molecule has 0 atom stereocenters. The number of amides is 2. The molecule has 2 heterocycles. The number of pyridine rings is 1. The third kappa shape index (κ3) is 3.40. The van der Waals surface area contributed by atoms with Crippen molar-refractivity contribution in [3.8, 4) is 17.0 Å². The first-order valence-electron chi connectivity index (χ1n) is 8.89. The molecule has 0 radical (unpaired) electrons. The quantitative estimate of drug-likeness (QED) is 0.461. The van der Waals surface area contributed by atoms with Crippen molar-refractivity contribution < 1.29 is 9.53 Å². The summed E-state index contributed by atoms with van der Waals surface area (Å²) in [7, 11) is 1.58. The summed E-state index contributed by atoms with van der Waals surface area (Å²) in [6, 6.07) is 16.9. The number of para-hydroxylation sites is 1. The number of anilines is 2. The van der Waals surface area contributed by atoms with Gasteiger partial charge in [-0.25, -0.2) is 4.79 Å². The Morgan fingerprint density at radius 1 is 1.04 bits per heavy atom. The van der Waals surface area contributed by atoms with E-state index in [9.17, 15) is 4.79 Å². The van der Waals surface area contributed by atoms with Crippen LogP contribution in [0.3, 0.4) is 0 Å². The molecule has 0 bridgehead atoms. The SMILES string of the molecule is COc1ccc(C)cc1NC(=O)Nc1c(-c2ccncc2)[nH]c2ccccc12. The molecule has 2 aromatic heterocycles. The van der Waals surface area contributed by atoms with Crippen molar-refractivity contribution in [2.75, 3.05) is 17.7 Å². The van der Waals surface area contributed by atoms with Crippen molar-refractivity contribution in [3.63, 3.8) is 0 Å². The highest BCUT2D eigenvalue weighted by Crippen LogP contribution is 2.35. The number of methoxy groups -OCH3 is 1. The fourth-order valence-electron chi connectivity index (χ4n) is 3.19. The van der Waals surface area contributed by atoms with E-state index in [0.717, 1.165) is 27.7 Å². The number of fused-ring (bicyclic) bond motifs is 1. The highest BCUT2D eigenvalue weighted by molar-refractivity contribution is 6.10. The van der Waals surface area contributed by atoms with Gasteiger partial charge in [0.05, 0.1) is 24.2 Å². The Balaban J connectivity index is 1.70. The summed E-state index contributed by atoms with van der Waals surface area (Å²) in [6.45, 7) is 1.96. The molecule has 0 aliphatic rings. The summed E-state index contributed by atoms with van der Waals surface area (Å²) < 4.78 is 5.34. The molecule has 2 amide bonds. The van der Waals surface area contributed by atoms with E-state index in [1.807, 2.05) is 61.5 Å². The van der Waals surface area contributed by atoms with Crippen LogP contribution in [0.1, 0.15) is 5.56 Å². The standard InChI is InChI=1S/C22H20N4O2/c1-14-7-8-19(28-2)18(13-14)25-22(27)26-21-16-5-3-4-6-17(16)24-20(21)15-9-11-23-12-10-15/h3-13,24H,1-2H3,(H2,25,26,27). The Morgan fingerprint density at radius 2 is 1.82 bits per heavy atom. The fraction of sp³-hybridized carbons (Fsp3) is 0.0909. The predicted octanol–water partition coefficient (Wildman–Crippen LogP) is 5.19. The summed E-state index contributed by atoms with van der Waals surface area (Å²) in [5.41, 5.74) is 5.07. The minimum atomic E-state index is -0.344. The number of hydrogen-bond donors (Lipinski definition) is 3. The molecule has 0 aliphatic carbocycles. The molecule has 0 fully saturated rings. The molecule has 0 spiro atoms. The van der Waals surface area contributed by atoms with Gasteiger partial charge < -0.3 is 20.4 Å². The normalized spacial score (nSPS) is 10.6. The molecule has 0 saturated heterocycles. The van der Waals surface area contributed by atoms with E-state index in [2.05, 4.69) is 20.6 Å². The number of ether oxygens (including phenoxy) is 1. The Morgan fingerprint density at radius 3 is 2.61 bits per heavy atom. The van der Waals surface area contributed by atoms with Crippen molar-refractivity contribution in [3.05, 3.63) is 72.6 Å². The van der Waals surface area contributed by atoms with Crippen LogP contribution in [0.15, 0.2) is 67.0 Å². The van der Waals surface area contributed by atoms with Crippen LogP contribution in [0.25, 0.3) is 22.2 Å². The Bertz CT molecular complexity index is 1140. The smallest absolute Gasteiger partial charge is 0.323 e. The van der Waals surface area contributed by atoms with E-state index >= 15 is 0 Å². The number of carbonyl (C=O) groups excluding carboxylic acids is 1. The molecule has 4 aromatic rings. The number of benzene rings is 2. The number of rotatable bonds is 4. The molecular formula is C22H20N4O2. The second-order valence-electron chi connectivity index (χ2n) is 6.44. The molecule has 4 rings (SSSR count). The van der Waals surface area contributed by atoms with E-state index in [4.69, 9.17) is 4.74 Å². The van der Waals surface area contributed by atoms with Gasteiger partial charge in [0, 0.05) is 28.9 Å². The summed E-state index contributed by atoms with van der Waals surface area (Å²) in [5, 5.41) is 6.81. The highest BCUT2D eigenvalue weighted by Gasteiger charge is 2.16. The van der Waals surface area contributed by atoms with Crippen molar-refractivity contribution in [2.24, 2.45) is 0 Å². The maximum atomic E-state index is 12.8. The first-order valence-corrected chi connectivity index (χ1v) is 8.89. The number of urea groups is 1. The minimum Gasteiger partial charge on any atom is -0.495 e. The van der Waals surface area contributed by atoms with Gasteiger partial charge in [-0.15, -0.1) is 0 Å². The average Bonchev–Trinajstić information content (AvgIpc) is 3.07. The lowest BCUT2D eigenvalue weighted by Crippen LogP contribution is -2.20. The van der Waals surface area contributed by atoms with E-state index in [-0.39, 0.29) is 6.03 Å². The number of nitrogens with one attached hydrogen (secondary N) is 3. The molecule has 2 aromatic carbocycles. The molecule has 0 unspecified atom stereocenters. The Labute approximate surface area is 162 Å². The fourth-order valence-corrected chi connectivity index (χ4v) is 3.19. The minimum absolute atomic E-state index is 0.344. The van der Waals surface area contributed by atoms with Crippen LogP contribution in [-0.4, -0.2) is 23.1 Å². The molecule has 28 heavy (non-hydrogen) atoms. The highest BCUT2D eigenvalue weighted by atomic mass is 16.5. The third-order valence-corrected chi connectivity index (χ3v) is 4.52. The maximum absolute atomic E-state index is 12.8. The van der Waals surface area contributed by atoms with Crippen molar-refractivity contribution >= 4 is 28.3 Å². The summed E-state index contributed by atoms with van der Waals surface area (Å²) in [6.07, 6.45) is 3.45. The molecule has 0 saturated carbocycles. The number of aromatic amines is 1. The van der Waals surface area contributed by atoms with Crippen LogP contribution in [0.2, 0.25) is 0 Å². The second kappa shape index (κ2) is 7.44. The number of hydrogen-bond acceptors (Lipinski definition) is 3. The largest absolute Gasteiger partial charge is 0.495 e. The monoisotopic (exact) mass is 372 g/mol. The van der Waals surface area contributed by atoms with Crippen molar-refractivity contribution in [1.29, 1.82) is 0 Å². The van der Waals surface area contributed by atoms with Crippen LogP contribution in [0.5, 0.6) is 5.75 Å². The summed E-state index contributed by atoms with van der Waals surface area (Å²) in [5.74, 6) is 0.606. The van der Waals surface area contributed by atoms with Crippen molar-refractivity contribution in [2.45, 2.75) is 6.92 Å². The number of aromatic nitrogens is 2. The van der Waals surface area contributed by atoms with Gasteiger partial charge in [-0.3, -0.25) is 4.98 Å². The van der Waals surface area contributed by atoms with Gasteiger partial charge in [0.25, 0.3) is 0 Å². The molecule has 0 aliphatic heterocycles. The lowest BCUT2D eigenvalue weighted by atomic mass is 10.1. The van der Waals surface area contributed by atoms with Gasteiger partial charge in [0.1, 0.15) is 5.75 Å². The Hall–Kier alpha value is -3.80. The number of H-pyrrole nitrogens is 1. The van der Waals surface area contributed by atoms with Gasteiger partial charge in [-0.2, -0.15) is 0 Å². The zero-order valence-electron chi connectivity index (χ0n) is 15.6. The molecule has 140 valence electrons. The van der Waals surface area contributed by atoms with Gasteiger partial charge in [0.2, 0.25) is 0 Å². The van der Waals surface area contributed by atoms with Crippen LogP contribution in [-0.2, 0) is 0 Å². The van der Waals surface area contributed by atoms with Crippen LogP contribution in [0.4, 0.5) is 16.2 Å². The third-order valence-electron chi connectivity index (χ3n) is 4.52. The topological polar surface area (TPSA) is 79.0 Å². The molecule has 6 heteroatoms. The molecule has 6 nitrogen and oxygen atoms in total. The van der Waals surface area contributed by atoms with Crippen LogP contribution < -0.4 is 15.4 Å². The van der Waals surface area contributed by atoms with Crippen molar-refractivity contribution in [1.82, 2.24) is 9.97 Å². The zero-order chi connectivity index (χ0) is 19.5. The summed E-state index contributed by atoms with van der Waals surface area (Å²) in [4.78, 5) is 20.2. The lowest BCUT2D eigenvalue weighted by Gasteiger charge is -2.13. The zero-order valence-corrected chi connectivity index (χ0v) is 15.6. The average molecular weight is 372 g/mol. The van der Waals surface area contributed by atoms with Crippen LogP contribution in [0, 0.1) is 6.92 Å². The van der Waals surface area contributed by atoms with E-state index in [1.54, 1.807) is 19.5 Å². The number of nitrogens with zero attached hydrogens (tertiary/aromatic N) is 1. The predicted molar refractivity (Wildman–Crippen MR) is 112 cm³/mol. The van der Waals surface area contributed by atoms with Gasteiger partial charge in [0.15, 0.2) is 0 Å². The summed E-state index contributed by atoms with van der Waals surface area (Å²) >= 11 is 0. The second-order valence-corrected chi connectivity index (χ2v) is 6.44. The van der Waals surface area contributed by atoms with E-state index in [1.165, 1.54) is 0 Å². The van der Waals surface area contributed by atoms with Gasteiger partial charge in [-0.1, -0.05) is 24.3 Å². The first-order chi connectivity index (χ1) is 13.7. The number of carbonyl (C=O) groups is 1. The van der Waals surface area contributed by atoms with E-state index in [0.29, 0.717) is 17.1 Å². The Kier molecular flexibility index (Phi) is 4.68. The molecular weight excluding hydrogens is 352 g/mol. The lowest BCUT2D eigenvalue weighted by molar-refractivity contribution is 0.262.